The Morgan fingerprint density at radius 1 is 0.938 bits per heavy atom. The Morgan fingerprint density at radius 3 is 2.38 bits per heavy atom. The fourth-order valence-electron chi connectivity index (χ4n) is 5.90. The highest BCUT2D eigenvalue weighted by molar-refractivity contribution is 5.55. The summed E-state index contributed by atoms with van der Waals surface area (Å²) >= 11 is 0. The van der Waals surface area contributed by atoms with Gasteiger partial charge in [-0.15, -0.1) is 10.2 Å². The van der Waals surface area contributed by atoms with Gasteiger partial charge in [-0.3, -0.25) is 4.98 Å². The topological polar surface area (TPSA) is 61.0 Å². The Morgan fingerprint density at radius 2 is 1.75 bits per heavy atom. The zero-order valence-electron chi connectivity index (χ0n) is 17.9. The molecule has 5 nitrogen and oxygen atoms in total. The second-order valence-electron chi connectivity index (χ2n) is 9.01. The zero-order chi connectivity index (χ0) is 21.4. The van der Waals surface area contributed by atoms with Crippen LogP contribution in [0, 0.1) is 11.8 Å². The van der Waals surface area contributed by atoms with Gasteiger partial charge in [-0.2, -0.15) is 0 Å². The van der Waals surface area contributed by atoms with Crippen LogP contribution in [0.25, 0.3) is 11.5 Å². The molecule has 2 saturated carbocycles. The number of hydrogen-bond donors (Lipinski definition) is 0. The Bertz CT molecular complexity index is 1170. The van der Waals surface area contributed by atoms with Crippen LogP contribution in [0.15, 0.2) is 83.7 Å². The molecular formula is C27H25N3O2. The minimum Gasteiger partial charge on any atom is -0.487 e. The third-order valence-corrected chi connectivity index (χ3v) is 7.34. The summed E-state index contributed by atoms with van der Waals surface area (Å²) in [6, 6.07) is 23.4. The molecule has 0 saturated heterocycles. The average molecular weight is 424 g/mol. The number of pyridine rings is 1. The first-order valence-corrected chi connectivity index (χ1v) is 11.3. The van der Waals surface area contributed by atoms with Gasteiger partial charge in [-0.25, -0.2) is 0 Å². The third kappa shape index (κ3) is 3.29. The van der Waals surface area contributed by atoms with Gasteiger partial charge in [-0.1, -0.05) is 36.8 Å². The fraction of sp³-hybridized carbons (Fsp3) is 0.296. The molecule has 3 unspecified atom stereocenters. The number of ether oxygens (including phenoxy) is 1. The van der Waals surface area contributed by atoms with Crippen molar-refractivity contribution < 1.29 is 9.15 Å². The van der Waals surface area contributed by atoms with Crippen molar-refractivity contribution in [2.24, 2.45) is 11.8 Å². The van der Waals surface area contributed by atoms with E-state index in [1.165, 1.54) is 43.2 Å². The Labute approximate surface area is 187 Å². The highest BCUT2D eigenvalue weighted by atomic mass is 16.5. The van der Waals surface area contributed by atoms with Gasteiger partial charge in [0, 0.05) is 17.2 Å². The molecule has 2 fully saturated rings. The summed E-state index contributed by atoms with van der Waals surface area (Å²) in [6.45, 7) is 0.479. The molecule has 0 N–H and O–H groups in total. The van der Waals surface area contributed by atoms with Crippen LogP contribution in [0.4, 0.5) is 0 Å². The molecule has 0 radical (unpaired) electrons. The standard InChI is InChI=1S/C27H25N3O2/c1-2-14-28-24(3-1)17-31-25-12-10-22(11-13-25)27(16-19-4-7-23(27)15-19)21-8-5-20(6-9-21)26-30-29-18-32-26/h1-3,5-6,8-14,18-19,23H,4,7,15-17H2. The average Bonchev–Trinajstić information content (AvgIpc) is 3.62. The highest BCUT2D eigenvalue weighted by Gasteiger charge is 2.52. The maximum atomic E-state index is 5.98. The molecule has 2 aromatic carbocycles. The first kappa shape index (κ1) is 19.2. The molecular weight excluding hydrogens is 398 g/mol. The van der Waals surface area contributed by atoms with E-state index in [1.807, 2.05) is 18.2 Å². The van der Waals surface area contributed by atoms with Gasteiger partial charge in [-0.05, 0) is 78.6 Å². The van der Waals surface area contributed by atoms with Crippen molar-refractivity contribution in [3.05, 3.63) is 96.1 Å². The second kappa shape index (κ2) is 7.90. The Hall–Kier alpha value is -3.47. The lowest BCUT2D eigenvalue weighted by Crippen LogP contribution is -2.34. The quantitative estimate of drug-likeness (QED) is 0.391. The molecule has 32 heavy (non-hydrogen) atoms. The number of rotatable bonds is 6. The lowest BCUT2D eigenvalue weighted by Gasteiger charge is -2.39. The van der Waals surface area contributed by atoms with Gasteiger partial charge >= 0.3 is 0 Å². The normalized spacial score (nSPS) is 24.0. The number of benzene rings is 2. The van der Waals surface area contributed by atoms with Crippen LogP contribution in [0.1, 0.15) is 42.5 Å². The maximum Gasteiger partial charge on any atom is 0.247 e. The smallest absolute Gasteiger partial charge is 0.247 e. The van der Waals surface area contributed by atoms with Gasteiger partial charge in [0.15, 0.2) is 0 Å². The summed E-state index contributed by atoms with van der Waals surface area (Å²) in [4.78, 5) is 4.34. The molecule has 2 aromatic heterocycles. The van der Waals surface area contributed by atoms with E-state index in [2.05, 4.69) is 63.7 Å². The third-order valence-electron chi connectivity index (χ3n) is 7.34. The molecule has 2 aliphatic rings. The lowest BCUT2D eigenvalue weighted by molar-refractivity contribution is 0.299. The van der Waals surface area contributed by atoms with Crippen molar-refractivity contribution in [2.75, 3.05) is 0 Å². The summed E-state index contributed by atoms with van der Waals surface area (Å²) in [5.41, 5.74) is 4.73. The van der Waals surface area contributed by atoms with Crippen molar-refractivity contribution in [1.82, 2.24) is 15.2 Å². The predicted octanol–water partition coefficient (Wildman–Crippen LogP) is 5.82. The fourth-order valence-corrected chi connectivity index (χ4v) is 5.90. The number of fused-ring (bicyclic) bond motifs is 2. The molecule has 4 aromatic rings. The van der Waals surface area contributed by atoms with Gasteiger partial charge in [0.1, 0.15) is 12.4 Å². The number of hydrogen-bond acceptors (Lipinski definition) is 5. The van der Waals surface area contributed by atoms with Crippen LogP contribution in [-0.2, 0) is 12.0 Å². The molecule has 0 amide bonds. The summed E-state index contributed by atoms with van der Waals surface area (Å²) in [7, 11) is 0. The molecule has 6 rings (SSSR count). The van der Waals surface area contributed by atoms with Gasteiger partial charge < -0.3 is 9.15 Å². The van der Waals surface area contributed by atoms with Crippen LogP contribution in [-0.4, -0.2) is 15.2 Å². The SMILES string of the molecule is c1ccc(COc2ccc(C3(c4ccc(-c5nnco5)cc4)CC4CCC3C4)cc2)nc1. The monoisotopic (exact) mass is 423 g/mol. The maximum absolute atomic E-state index is 5.98. The molecule has 5 heteroatoms. The molecule has 0 aliphatic heterocycles. The summed E-state index contributed by atoms with van der Waals surface area (Å²) in [5, 5.41) is 7.84. The largest absolute Gasteiger partial charge is 0.487 e. The van der Waals surface area contributed by atoms with Crippen LogP contribution in [0.2, 0.25) is 0 Å². The van der Waals surface area contributed by atoms with Gasteiger partial charge in [0.05, 0.1) is 5.69 Å². The van der Waals surface area contributed by atoms with E-state index in [-0.39, 0.29) is 5.41 Å². The van der Waals surface area contributed by atoms with Crippen LogP contribution in [0.5, 0.6) is 5.75 Å². The number of nitrogens with zero attached hydrogens (tertiary/aromatic N) is 3. The minimum atomic E-state index is 0.0653. The highest BCUT2D eigenvalue weighted by Crippen LogP contribution is 2.60. The molecule has 2 heterocycles. The molecule has 2 bridgehead atoms. The Balaban J connectivity index is 1.29. The van der Waals surface area contributed by atoms with E-state index < -0.39 is 0 Å². The molecule has 2 aliphatic carbocycles. The van der Waals surface area contributed by atoms with Crippen molar-refractivity contribution in [1.29, 1.82) is 0 Å². The van der Waals surface area contributed by atoms with Crippen LogP contribution >= 0.6 is 0 Å². The van der Waals surface area contributed by atoms with E-state index in [1.54, 1.807) is 6.20 Å². The van der Waals surface area contributed by atoms with Crippen molar-refractivity contribution in [2.45, 2.75) is 37.7 Å². The van der Waals surface area contributed by atoms with E-state index in [0.29, 0.717) is 18.4 Å². The summed E-state index contributed by atoms with van der Waals surface area (Å²) < 4.78 is 11.4. The lowest BCUT2D eigenvalue weighted by atomic mass is 9.64. The van der Waals surface area contributed by atoms with Crippen molar-refractivity contribution in [3.63, 3.8) is 0 Å². The first-order chi connectivity index (χ1) is 15.8. The van der Waals surface area contributed by atoms with E-state index in [9.17, 15) is 0 Å². The van der Waals surface area contributed by atoms with Crippen LogP contribution < -0.4 is 4.74 Å². The molecule has 160 valence electrons. The van der Waals surface area contributed by atoms with Crippen molar-refractivity contribution >= 4 is 0 Å². The van der Waals surface area contributed by atoms with Gasteiger partial charge in [0.2, 0.25) is 12.3 Å². The number of aromatic nitrogens is 3. The molecule has 3 atom stereocenters. The Kier molecular flexibility index (Phi) is 4.75. The minimum absolute atomic E-state index is 0.0653. The van der Waals surface area contributed by atoms with E-state index in [4.69, 9.17) is 9.15 Å². The second-order valence-corrected chi connectivity index (χ2v) is 9.01. The summed E-state index contributed by atoms with van der Waals surface area (Å²) in [5.74, 6) is 2.94. The molecule has 0 spiro atoms. The van der Waals surface area contributed by atoms with Gasteiger partial charge in [0.25, 0.3) is 0 Å². The van der Waals surface area contributed by atoms with E-state index >= 15 is 0 Å². The van der Waals surface area contributed by atoms with Crippen LogP contribution in [0.3, 0.4) is 0 Å². The van der Waals surface area contributed by atoms with E-state index in [0.717, 1.165) is 22.9 Å². The van der Waals surface area contributed by atoms with Crippen molar-refractivity contribution in [3.8, 4) is 17.2 Å². The first-order valence-electron chi connectivity index (χ1n) is 11.3. The summed E-state index contributed by atoms with van der Waals surface area (Å²) in [6.07, 6.45) is 8.36. The predicted molar refractivity (Wildman–Crippen MR) is 121 cm³/mol. The zero-order valence-corrected chi connectivity index (χ0v) is 17.9.